The molecule has 0 spiro atoms. The van der Waals surface area contributed by atoms with Crippen LogP contribution in [0.5, 0.6) is 0 Å². The van der Waals surface area contributed by atoms with Crippen molar-refractivity contribution >= 4 is 11.9 Å². The zero-order valence-electron chi connectivity index (χ0n) is 15.1. The lowest BCUT2D eigenvalue weighted by Crippen LogP contribution is -2.35. The van der Waals surface area contributed by atoms with E-state index in [-0.39, 0.29) is 18.7 Å². The van der Waals surface area contributed by atoms with Gasteiger partial charge in [0.15, 0.2) is 0 Å². The van der Waals surface area contributed by atoms with Crippen LogP contribution in [0.3, 0.4) is 0 Å². The molecular formula is C17H23N5O3. The molecule has 0 aliphatic carbocycles. The van der Waals surface area contributed by atoms with E-state index in [0.29, 0.717) is 5.95 Å². The third-order valence-electron chi connectivity index (χ3n) is 3.83. The van der Waals surface area contributed by atoms with Crippen LogP contribution in [0.2, 0.25) is 0 Å². The molecule has 2 rings (SSSR count). The van der Waals surface area contributed by atoms with Crippen molar-refractivity contribution < 1.29 is 14.7 Å². The minimum Gasteiger partial charge on any atom is -0.481 e. The highest BCUT2D eigenvalue weighted by Gasteiger charge is 2.19. The number of aromatic nitrogens is 4. The average molecular weight is 345 g/mol. The van der Waals surface area contributed by atoms with E-state index in [0.717, 1.165) is 28.3 Å². The molecule has 25 heavy (non-hydrogen) atoms. The average Bonchev–Trinajstić information content (AvgIpc) is 2.73. The van der Waals surface area contributed by atoms with Gasteiger partial charge >= 0.3 is 5.97 Å². The number of carboxylic acid groups (broad SMARTS) is 1. The Bertz CT molecular complexity index is 793. The lowest BCUT2D eigenvalue weighted by Gasteiger charge is -2.11. The van der Waals surface area contributed by atoms with Gasteiger partial charge in [-0.05, 0) is 40.7 Å². The van der Waals surface area contributed by atoms with Crippen LogP contribution in [-0.2, 0) is 16.0 Å². The summed E-state index contributed by atoms with van der Waals surface area (Å²) in [4.78, 5) is 31.7. The van der Waals surface area contributed by atoms with Gasteiger partial charge in [-0.1, -0.05) is 0 Å². The molecule has 1 unspecified atom stereocenters. The van der Waals surface area contributed by atoms with Gasteiger partial charge in [-0.15, -0.1) is 0 Å². The normalized spacial score (nSPS) is 12.0. The molecule has 0 aliphatic heterocycles. The van der Waals surface area contributed by atoms with E-state index >= 15 is 0 Å². The van der Waals surface area contributed by atoms with Gasteiger partial charge in [0.05, 0.1) is 18.5 Å². The number of carbonyl (C=O) groups excluding carboxylic acids is 1. The van der Waals surface area contributed by atoms with Crippen LogP contribution in [0, 0.1) is 27.7 Å². The Hall–Kier alpha value is -2.77. The standard InChI is InChI=1S/C17H23N5O3/c1-9-6-10(2)20-17(19-9)22-13(5)14(12(4)21-22)8-15(23)18-11(3)7-16(24)25/h6,11H,7-8H2,1-5H3,(H,18,23)(H,24,25). The highest BCUT2D eigenvalue weighted by Crippen LogP contribution is 2.17. The lowest BCUT2D eigenvalue weighted by atomic mass is 10.1. The molecule has 2 N–H and O–H groups in total. The van der Waals surface area contributed by atoms with Crippen molar-refractivity contribution in [1.82, 2.24) is 25.1 Å². The second-order valence-electron chi connectivity index (χ2n) is 6.26. The quantitative estimate of drug-likeness (QED) is 0.819. The van der Waals surface area contributed by atoms with Crippen LogP contribution in [0.15, 0.2) is 6.07 Å². The Kier molecular flexibility index (Phi) is 5.51. The zero-order chi connectivity index (χ0) is 18.7. The molecule has 8 heteroatoms. The maximum Gasteiger partial charge on any atom is 0.305 e. The first kappa shape index (κ1) is 18.6. The van der Waals surface area contributed by atoms with E-state index < -0.39 is 12.0 Å². The molecule has 0 saturated carbocycles. The van der Waals surface area contributed by atoms with Crippen molar-refractivity contribution in [2.75, 3.05) is 0 Å². The van der Waals surface area contributed by atoms with Gasteiger partial charge in [0.25, 0.3) is 5.95 Å². The van der Waals surface area contributed by atoms with Crippen LogP contribution in [-0.4, -0.2) is 42.8 Å². The summed E-state index contributed by atoms with van der Waals surface area (Å²) in [7, 11) is 0. The second kappa shape index (κ2) is 7.42. The number of hydrogen-bond acceptors (Lipinski definition) is 5. The van der Waals surface area contributed by atoms with Crippen molar-refractivity contribution in [3.8, 4) is 5.95 Å². The van der Waals surface area contributed by atoms with E-state index in [4.69, 9.17) is 5.11 Å². The predicted molar refractivity (Wildman–Crippen MR) is 91.7 cm³/mol. The number of nitrogens with one attached hydrogen (secondary N) is 1. The summed E-state index contributed by atoms with van der Waals surface area (Å²) in [6.45, 7) is 9.14. The Labute approximate surface area is 146 Å². The SMILES string of the molecule is Cc1cc(C)nc(-n2nc(C)c(CC(=O)NC(C)CC(=O)O)c2C)n1. The first-order valence-corrected chi connectivity index (χ1v) is 8.06. The summed E-state index contributed by atoms with van der Waals surface area (Å²) < 4.78 is 1.64. The first-order chi connectivity index (χ1) is 11.7. The van der Waals surface area contributed by atoms with Crippen molar-refractivity contribution in [3.05, 3.63) is 34.4 Å². The fourth-order valence-corrected chi connectivity index (χ4v) is 2.73. The number of nitrogens with zero attached hydrogens (tertiary/aromatic N) is 4. The van der Waals surface area contributed by atoms with E-state index in [1.165, 1.54) is 0 Å². The summed E-state index contributed by atoms with van der Waals surface area (Å²) in [6.07, 6.45) is 0.0196. The number of amides is 1. The number of carboxylic acids is 1. The predicted octanol–water partition coefficient (Wildman–Crippen LogP) is 1.42. The van der Waals surface area contributed by atoms with Crippen LogP contribution in [0.1, 0.15) is 41.7 Å². The van der Waals surface area contributed by atoms with Gasteiger partial charge in [0, 0.05) is 28.7 Å². The van der Waals surface area contributed by atoms with Crippen LogP contribution >= 0.6 is 0 Å². The minimum atomic E-state index is -0.944. The molecule has 2 aromatic rings. The topological polar surface area (TPSA) is 110 Å². The summed E-state index contributed by atoms with van der Waals surface area (Å²) in [5.41, 5.74) is 4.00. The molecule has 134 valence electrons. The Morgan fingerprint density at radius 1 is 1.20 bits per heavy atom. The summed E-state index contributed by atoms with van der Waals surface area (Å²) in [5.74, 6) is -0.704. The highest BCUT2D eigenvalue weighted by molar-refractivity contribution is 5.80. The lowest BCUT2D eigenvalue weighted by molar-refractivity contribution is -0.137. The molecule has 8 nitrogen and oxygen atoms in total. The molecular weight excluding hydrogens is 322 g/mol. The van der Waals surface area contributed by atoms with Gasteiger partial charge in [0.2, 0.25) is 5.91 Å². The third kappa shape index (κ3) is 4.62. The van der Waals surface area contributed by atoms with E-state index in [1.807, 2.05) is 33.8 Å². The molecule has 0 aromatic carbocycles. The number of rotatable bonds is 6. The summed E-state index contributed by atoms with van der Waals surface area (Å²) >= 11 is 0. The molecule has 0 fully saturated rings. The van der Waals surface area contributed by atoms with Gasteiger partial charge in [0.1, 0.15) is 0 Å². The van der Waals surface area contributed by atoms with E-state index in [1.54, 1.807) is 11.6 Å². The fraction of sp³-hybridized carbons (Fsp3) is 0.471. The van der Waals surface area contributed by atoms with Crippen molar-refractivity contribution in [3.63, 3.8) is 0 Å². The molecule has 1 amide bonds. The largest absolute Gasteiger partial charge is 0.481 e. The van der Waals surface area contributed by atoms with Crippen LogP contribution in [0.25, 0.3) is 5.95 Å². The smallest absolute Gasteiger partial charge is 0.305 e. The number of aryl methyl sites for hydroxylation is 3. The van der Waals surface area contributed by atoms with Crippen molar-refractivity contribution in [2.24, 2.45) is 0 Å². The van der Waals surface area contributed by atoms with Crippen LogP contribution in [0.4, 0.5) is 0 Å². The molecule has 2 heterocycles. The van der Waals surface area contributed by atoms with Crippen LogP contribution < -0.4 is 5.32 Å². The number of carbonyl (C=O) groups is 2. The summed E-state index contributed by atoms with van der Waals surface area (Å²) in [6, 6.07) is 1.45. The first-order valence-electron chi connectivity index (χ1n) is 8.06. The Balaban J connectivity index is 2.22. The van der Waals surface area contributed by atoms with Gasteiger partial charge in [-0.25, -0.2) is 14.6 Å². The van der Waals surface area contributed by atoms with Crippen molar-refractivity contribution in [2.45, 2.75) is 53.5 Å². The maximum absolute atomic E-state index is 12.2. The molecule has 2 aromatic heterocycles. The molecule has 0 saturated heterocycles. The van der Waals surface area contributed by atoms with E-state index in [2.05, 4.69) is 20.4 Å². The van der Waals surface area contributed by atoms with E-state index in [9.17, 15) is 9.59 Å². The second-order valence-corrected chi connectivity index (χ2v) is 6.26. The number of aliphatic carboxylic acids is 1. The fourth-order valence-electron chi connectivity index (χ4n) is 2.73. The minimum absolute atomic E-state index is 0.112. The number of hydrogen-bond donors (Lipinski definition) is 2. The van der Waals surface area contributed by atoms with Crippen molar-refractivity contribution in [1.29, 1.82) is 0 Å². The van der Waals surface area contributed by atoms with Gasteiger partial charge in [-0.3, -0.25) is 9.59 Å². The molecule has 0 bridgehead atoms. The summed E-state index contributed by atoms with van der Waals surface area (Å²) in [5, 5.41) is 15.9. The molecule has 0 radical (unpaired) electrons. The van der Waals surface area contributed by atoms with Gasteiger partial charge < -0.3 is 10.4 Å². The highest BCUT2D eigenvalue weighted by atomic mass is 16.4. The zero-order valence-corrected chi connectivity index (χ0v) is 15.1. The maximum atomic E-state index is 12.2. The molecule has 1 atom stereocenters. The monoisotopic (exact) mass is 345 g/mol. The third-order valence-corrected chi connectivity index (χ3v) is 3.83. The Morgan fingerprint density at radius 3 is 2.36 bits per heavy atom. The Morgan fingerprint density at radius 2 is 1.80 bits per heavy atom. The molecule has 0 aliphatic rings. The van der Waals surface area contributed by atoms with Gasteiger partial charge in [-0.2, -0.15) is 5.10 Å².